The van der Waals surface area contributed by atoms with Crippen molar-refractivity contribution in [3.8, 4) is 0 Å². The van der Waals surface area contributed by atoms with E-state index in [1.165, 1.54) is 41.8 Å². The number of aromatic carboxylic acids is 1. The van der Waals surface area contributed by atoms with Crippen molar-refractivity contribution in [1.29, 1.82) is 0 Å². The highest BCUT2D eigenvalue weighted by Gasteiger charge is 2.15. The fourth-order valence-corrected chi connectivity index (χ4v) is 2.72. The fourth-order valence-electron chi connectivity index (χ4n) is 2.72. The maximum absolute atomic E-state index is 12.2. The molecule has 11 heteroatoms. The molecule has 2 aromatic heterocycles. The van der Waals surface area contributed by atoms with Gasteiger partial charge in [-0.15, -0.1) is 0 Å². The maximum Gasteiger partial charge on any atom is 0.336 e. The monoisotopic (exact) mass is 384 g/mol. The Labute approximate surface area is 157 Å². The Morgan fingerprint density at radius 3 is 2.64 bits per heavy atom. The van der Waals surface area contributed by atoms with Gasteiger partial charge in [0.15, 0.2) is 5.52 Å². The van der Waals surface area contributed by atoms with Gasteiger partial charge < -0.3 is 9.67 Å². The SMILES string of the molecule is Cn1c(=O)c2ncn(CC(=O)N/N=C\c3ccccc3C(=O)O)c2n(C)c1=O. The molecule has 1 amide bonds. The Balaban J connectivity index is 1.81. The predicted octanol–water partition coefficient (Wildman–Crippen LogP) is -0.718. The lowest BCUT2D eigenvalue weighted by atomic mass is 10.1. The van der Waals surface area contributed by atoms with Crippen molar-refractivity contribution in [3.63, 3.8) is 0 Å². The molecule has 11 nitrogen and oxygen atoms in total. The van der Waals surface area contributed by atoms with Crippen LogP contribution in [0.3, 0.4) is 0 Å². The minimum absolute atomic E-state index is 0.0481. The van der Waals surface area contributed by atoms with Crippen LogP contribution in [0.1, 0.15) is 15.9 Å². The number of imidazole rings is 1. The van der Waals surface area contributed by atoms with Crippen LogP contribution in [-0.2, 0) is 25.4 Å². The third-order valence-electron chi connectivity index (χ3n) is 4.11. The van der Waals surface area contributed by atoms with E-state index in [1.54, 1.807) is 18.2 Å². The van der Waals surface area contributed by atoms with Crippen LogP contribution in [0.5, 0.6) is 0 Å². The molecule has 0 bridgehead atoms. The van der Waals surface area contributed by atoms with E-state index in [2.05, 4.69) is 15.5 Å². The van der Waals surface area contributed by atoms with E-state index in [0.717, 1.165) is 4.57 Å². The second-order valence-electron chi connectivity index (χ2n) is 5.94. The first kappa shape index (κ1) is 18.8. The number of carboxylic acids is 1. The molecule has 2 N–H and O–H groups in total. The van der Waals surface area contributed by atoms with E-state index in [1.807, 2.05) is 0 Å². The smallest absolute Gasteiger partial charge is 0.336 e. The number of aryl methyl sites for hydroxylation is 1. The Morgan fingerprint density at radius 1 is 1.21 bits per heavy atom. The third-order valence-corrected chi connectivity index (χ3v) is 4.11. The molecule has 0 fully saturated rings. The molecule has 2 heterocycles. The highest BCUT2D eigenvalue weighted by molar-refractivity contribution is 5.98. The molecule has 0 unspecified atom stereocenters. The summed E-state index contributed by atoms with van der Waals surface area (Å²) in [4.78, 5) is 51.5. The fraction of sp³-hybridized carbons (Fsp3) is 0.176. The van der Waals surface area contributed by atoms with Gasteiger partial charge in [-0.1, -0.05) is 18.2 Å². The average molecular weight is 384 g/mol. The van der Waals surface area contributed by atoms with Gasteiger partial charge in [0.2, 0.25) is 0 Å². The predicted molar refractivity (Wildman–Crippen MR) is 99.4 cm³/mol. The standard InChI is InChI=1S/C17H16N6O5/c1-21-14-13(15(25)22(2)17(21)28)18-9-23(14)8-12(24)20-19-7-10-5-3-4-6-11(10)16(26)27/h3-7,9H,8H2,1-2H3,(H,20,24)(H,26,27)/b19-7-. The molecule has 28 heavy (non-hydrogen) atoms. The summed E-state index contributed by atoms with van der Waals surface area (Å²) in [5, 5.41) is 12.9. The molecule has 0 radical (unpaired) electrons. The number of nitrogens with zero attached hydrogens (tertiary/aromatic N) is 5. The van der Waals surface area contributed by atoms with Crippen LogP contribution in [0.2, 0.25) is 0 Å². The van der Waals surface area contributed by atoms with Gasteiger partial charge in [0.25, 0.3) is 11.5 Å². The molecule has 0 aliphatic rings. The Kier molecular flexibility index (Phi) is 4.90. The number of fused-ring (bicyclic) bond motifs is 1. The molecule has 0 spiro atoms. The van der Waals surface area contributed by atoms with Crippen molar-refractivity contribution in [2.45, 2.75) is 6.54 Å². The minimum atomic E-state index is -1.11. The summed E-state index contributed by atoms with van der Waals surface area (Å²) in [6.45, 7) is -0.241. The molecule has 1 aromatic carbocycles. The summed E-state index contributed by atoms with van der Waals surface area (Å²) in [5.41, 5.74) is 1.84. The first-order chi connectivity index (χ1) is 13.3. The summed E-state index contributed by atoms with van der Waals surface area (Å²) in [7, 11) is 2.82. The lowest BCUT2D eigenvalue weighted by Gasteiger charge is -2.07. The lowest BCUT2D eigenvalue weighted by molar-refractivity contribution is -0.121. The normalized spacial score (nSPS) is 11.2. The molecule has 0 aliphatic carbocycles. The van der Waals surface area contributed by atoms with Crippen molar-refractivity contribution in [1.82, 2.24) is 24.1 Å². The van der Waals surface area contributed by atoms with Gasteiger partial charge >= 0.3 is 11.7 Å². The number of carbonyl (C=O) groups is 2. The molecule has 0 saturated heterocycles. The molecule has 0 aliphatic heterocycles. The van der Waals surface area contributed by atoms with E-state index in [4.69, 9.17) is 5.11 Å². The summed E-state index contributed by atoms with van der Waals surface area (Å²) in [5.74, 6) is -1.66. The summed E-state index contributed by atoms with van der Waals surface area (Å²) in [6, 6.07) is 6.20. The Bertz CT molecular complexity index is 1230. The molecule has 144 valence electrons. The number of hydrazone groups is 1. The second-order valence-corrected chi connectivity index (χ2v) is 5.94. The minimum Gasteiger partial charge on any atom is -0.478 e. The summed E-state index contributed by atoms with van der Waals surface area (Å²) in [6.07, 6.45) is 2.51. The number of amides is 1. The molecule has 3 rings (SSSR count). The van der Waals surface area contributed by atoms with Crippen LogP contribution in [0, 0.1) is 0 Å². The van der Waals surface area contributed by atoms with Crippen molar-refractivity contribution in [2.24, 2.45) is 19.2 Å². The summed E-state index contributed by atoms with van der Waals surface area (Å²) >= 11 is 0. The number of aromatic nitrogens is 4. The zero-order chi connectivity index (χ0) is 20.4. The average Bonchev–Trinajstić information content (AvgIpc) is 3.08. The van der Waals surface area contributed by atoms with Crippen molar-refractivity contribution in [2.75, 3.05) is 0 Å². The number of benzene rings is 1. The first-order valence-corrected chi connectivity index (χ1v) is 8.06. The summed E-state index contributed by atoms with van der Waals surface area (Å²) < 4.78 is 3.52. The number of hydrogen-bond donors (Lipinski definition) is 2. The van der Waals surface area contributed by atoms with Gasteiger partial charge in [-0.2, -0.15) is 5.10 Å². The Morgan fingerprint density at radius 2 is 1.93 bits per heavy atom. The van der Waals surface area contributed by atoms with E-state index in [-0.39, 0.29) is 23.3 Å². The third kappa shape index (κ3) is 3.32. The van der Waals surface area contributed by atoms with Gasteiger partial charge in [0, 0.05) is 19.7 Å². The lowest BCUT2D eigenvalue weighted by Crippen LogP contribution is -2.37. The van der Waals surface area contributed by atoms with Crippen LogP contribution in [-0.4, -0.2) is 41.9 Å². The maximum atomic E-state index is 12.2. The largest absolute Gasteiger partial charge is 0.478 e. The van der Waals surface area contributed by atoms with E-state index < -0.39 is 23.1 Å². The highest BCUT2D eigenvalue weighted by Crippen LogP contribution is 2.07. The number of hydrogen-bond acceptors (Lipinski definition) is 6. The van der Waals surface area contributed by atoms with Crippen molar-refractivity contribution < 1.29 is 14.7 Å². The van der Waals surface area contributed by atoms with Crippen LogP contribution < -0.4 is 16.7 Å². The highest BCUT2D eigenvalue weighted by atomic mass is 16.4. The number of carbonyl (C=O) groups excluding carboxylic acids is 1. The van der Waals surface area contributed by atoms with Gasteiger partial charge in [-0.25, -0.2) is 20.0 Å². The number of carboxylic acid groups (broad SMARTS) is 1. The number of nitrogens with one attached hydrogen (secondary N) is 1. The van der Waals surface area contributed by atoms with Gasteiger partial charge in [-0.05, 0) is 6.07 Å². The topological polar surface area (TPSA) is 141 Å². The number of rotatable bonds is 5. The van der Waals surface area contributed by atoms with E-state index in [0.29, 0.717) is 5.56 Å². The van der Waals surface area contributed by atoms with Crippen LogP contribution in [0.4, 0.5) is 0 Å². The second kappa shape index (κ2) is 7.31. The van der Waals surface area contributed by atoms with Crippen LogP contribution in [0.15, 0.2) is 45.3 Å². The molecule has 3 aromatic rings. The van der Waals surface area contributed by atoms with Gasteiger partial charge in [0.05, 0.1) is 18.1 Å². The molecule has 0 atom stereocenters. The van der Waals surface area contributed by atoms with Gasteiger partial charge in [-0.3, -0.25) is 18.7 Å². The van der Waals surface area contributed by atoms with Crippen molar-refractivity contribution in [3.05, 3.63) is 62.6 Å². The van der Waals surface area contributed by atoms with Crippen molar-refractivity contribution >= 4 is 29.3 Å². The zero-order valence-corrected chi connectivity index (χ0v) is 15.0. The quantitative estimate of drug-likeness (QED) is 0.439. The van der Waals surface area contributed by atoms with Gasteiger partial charge in [0.1, 0.15) is 12.2 Å². The molecular weight excluding hydrogens is 368 g/mol. The molecule has 0 saturated carbocycles. The van der Waals surface area contributed by atoms with E-state index in [9.17, 15) is 19.2 Å². The zero-order valence-electron chi connectivity index (χ0n) is 15.0. The van der Waals surface area contributed by atoms with E-state index >= 15 is 0 Å². The molecular formula is C17H16N6O5. The Hall–Kier alpha value is -4.02. The van der Waals surface area contributed by atoms with Crippen LogP contribution >= 0.6 is 0 Å². The van der Waals surface area contributed by atoms with Crippen LogP contribution in [0.25, 0.3) is 11.2 Å². The first-order valence-electron chi connectivity index (χ1n) is 8.06.